The molecule has 3 aliphatic heterocycles. The Balaban J connectivity index is 0.000000346. The highest BCUT2D eigenvalue weighted by atomic mass is 127. The van der Waals surface area contributed by atoms with Crippen LogP contribution in [0.3, 0.4) is 0 Å². The summed E-state index contributed by atoms with van der Waals surface area (Å²) < 4.78 is 1.12. The van der Waals surface area contributed by atoms with Crippen LogP contribution in [0.2, 0.25) is 0 Å². The smallest absolute Gasteiger partial charge is 0.106 e. The van der Waals surface area contributed by atoms with Crippen molar-refractivity contribution in [3.63, 3.8) is 0 Å². The van der Waals surface area contributed by atoms with Crippen LogP contribution in [0, 0.1) is 5.92 Å². The number of nitrogens with zero attached hydrogens (tertiary/aromatic N) is 1. The highest BCUT2D eigenvalue weighted by Gasteiger charge is 2.42. The SMILES string of the molecule is CC(=O)[O-].C[N+]12CCC(CC1)C(O)C2.[I-]. The van der Waals surface area contributed by atoms with Crippen molar-refractivity contribution < 1.29 is 43.5 Å². The van der Waals surface area contributed by atoms with Crippen molar-refractivity contribution in [2.45, 2.75) is 25.9 Å². The summed E-state index contributed by atoms with van der Waals surface area (Å²) in [5.41, 5.74) is 0. The molecule has 3 heterocycles. The third-order valence-electron chi connectivity index (χ3n) is 3.25. The first-order valence-electron chi connectivity index (χ1n) is 5.12. The predicted octanol–water partition coefficient (Wildman–Crippen LogP) is -4.02. The van der Waals surface area contributed by atoms with Gasteiger partial charge >= 0.3 is 0 Å². The Morgan fingerprint density at radius 3 is 2.00 bits per heavy atom. The van der Waals surface area contributed by atoms with Gasteiger partial charge in [0.1, 0.15) is 12.6 Å². The molecule has 3 aliphatic rings. The van der Waals surface area contributed by atoms with Gasteiger partial charge in [0.15, 0.2) is 0 Å². The molecule has 0 aromatic rings. The number of rotatable bonds is 0. The lowest BCUT2D eigenvalue weighted by Gasteiger charge is -2.48. The molecular formula is C10H19INO3-. The van der Waals surface area contributed by atoms with Crippen LogP contribution in [0.15, 0.2) is 0 Å². The zero-order valence-electron chi connectivity index (χ0n) is 9.28. The van der Waals surface area contributed by atoms with Crippen molar-refractivity contribution in [2.24, 2.45) is 5.92 Å². The number of quaternary nitrogens is 1. The zero-order valence-corrected chi connectivity index (χ0v) is 11.4. The number of carboxylic acid groups (broad SMARTS) is 1. The maximum atomic E-state index is 9.55. The molecule has 3 rings (SSSR count). The quantitative estimate of drug-likeness (QED) is 0.364. The minimum atomic E-state index is -1.08. The Labute approximate surface area is 108 Å². The molecule has 1 N–H and O–H groups in total. The van der Waals surface area contributed by atoms with Gasteiger partial charge in [0, 0.05) is 24.7 Å². The van der Waals surface area contributed by atoms with E-state index in [1.165, 1.54) is 25.9 Å². The Morgan fingerprint density at radius 1 is 1.40 bits per heavy atom. The number of fused-ring (bicyclic) bond motifs is 3. The van der Waals surface area contributed by atoms with Crippen molar-refractivity contribution in [3.05, 3.63) is 0 Å². The lowest BCUT2D eigenvalue weighted by molar-refractivity contribution is -0.928. The maximum absolute atomic E-state index is 9.55. The second-order valence-corrected chi connectivity index (χ2v) is 4.65. The third-order valence-corrected chi connectivity index (χ3v) is 3.25. The van der Waals surface area contributed by atoms with E-state index in [0.717, 1.165) is 18.0 Å². The molecule has 0 saturated carbocycles. The van der Waals surface area contributed by atoms with Gasteiger partial charge in [0.05, 0.1) is 20.1 Å². The van der Waals surface area contributed by atoms with Gasteiger partial charge in [-0.2, -0.15) is 0 Å². The Kier molecular flexibility index (Phi) is 6.05. The standard InChI is InChI=1S/C8H16NO.C2H4O2.HI/c1-9-4-2-7(3-5-9)8(10)6-9;1-2(3)4;/h7-8,10H,2-6H2,1H3;1H3,(H,3,4);1H/q+1;;/p-2. The molecule has 1 unspecified atom stereocenters. The molecule has 3 saturated heterocycles. The molecule has 0 aromatic heterocycles. The molecule has 0 spiro atoms. The molecule has 3 fully saturated rings. The second kappa shape index (κ2) is 6.00. The fourth-order valence-electron chi connectivity index (χ4n) is 2.38. The van der Waals surface area contributed by atoms with E-state index in [9.17, 15) is 5.11 Å². The number of aliphatic hydroxyl groups excluding tert-OH is 1. The van der Waals surface area contributed by atoms with Crippen LogP contribution < -0.4 is 29.1 Å². The molecule has 4 nitrogen and oxygen atoms in total. The van der Waals surface area contributed by atoms with Crippen molar-refractivity contribution >= 4 is 5.97 Å². The molecule has 0 aromatic carbocycles. The number of halogens is 1. The Hall–Kier alpha value is 0.120. The first kappa shape index (κ1) is 15.1. The summed E-state index contributed by atoms with van der Waals surface area (Å²) in [6.07, 6.45) is 2.50. The number of carbonyl (C=O) groups excluding carboxylic acids is 1. The number of aliphatic carboxylic acids is 1. The van der Waals surface area contributed by atoms with Gasteiger partial charge in [0.2, 0.25) is 0 Å². The van der Waals surface area contributed by atoms with Crippen molar-refractivity contribution in [1.29, 1.82) is 0 Å². The molecule has 90 valence electrons. The molecule has 0 radical (unpaired) electrons. The fourth-order valence-corrected chi connectivity index (χ4v) is 2.38. The van der Waals surface area contributed by atoms with Crippen molar-refractivity contribution in [2.75, 3.05) is 26.7 Å². The second-order valence-electron chi connectivity index (χ2n) is 4.65. The summed E-state index contributed by atoms with van der Waals surface area (Å²) in [6, 6.07) is 0. The largest absolute Gasteiger partial charge is 1.00 e. The van der Waals surface area contributed by atoms with Crippen LogP contribution in [0.25, 0.3) is 0 Å². The van der Waals surface area contributed by atoms with Crippen LogP contribution in [-0.4, -0.2) is 48.3 Å². The third kappa shape index (κ3) is 4.65. The predicted molar refractivity (Wildman–Crippen MR) is 50.2 cm³/mol. The van der Waals surface area contributed by atoms with E-state index in [1.54, 1.807) is 0 Å². The summed E-state index contributed by atoms with van der Waals surface area (Å²) >= 11 is 0. The summed E-state index contributed by atoms with van der Waals surface area (Å²) in [5, 5.41) is 18.4. The van der Waals surface area contributed by atoms with Gasteiger partial charge < -0.3 is 43.5 Å². The number of likely N-dealkylation sites (N-methyl/N-ethyl adjacent to an activating group) is 1. The van der Waals surface area contributed by atoms with E-state index in [2.05, 4.69) is 7.05 Å². The van der Waals surface area contributed by atoms with Crippen molar-refractivity contribution in [3.8, 4) is 0 Å². The topological polar surface area (TPSA) is 60.4 Å². The Morgan fingerprint density at radius 2 is 1.80 bits per heavy atom. The first-order chi connectivity index (χ1) is 6.43. The minimum absolute atomic E-state index is 0. The van der Waals surface area contributed by atoms with E-state index in [1.807, 2.05) is 0 Å². The van der Waals surface area contributed by atoms with Gasteiger partial charge in [-0.1, -0.05) is 0 Å². The fraction of sp³-hybridized carbons (Fsp3) is 0.900. The summed E-state index contributed by atoms with van der Waals surface area (Å²) in [4.78, 5) is 8.89. The first-order valence-corrected chi connectivity index (χ1v) is 5.12. The number of carbonyl (C=O) groups is 1. The number of piperidine rings is 3. The molecule has 15 heavy (non-hydrogen) atoms. The maximum Gasteiger partial charge on any atom is 0.106 e. The lowest BCUT2D eigenvalue weighted by Crippen LogP contribution is -3.00. The van der Waals surface area contributed by atoms with Crippen LogP contribution >= 0.6 is 0 Å². The highest BCUT2D eigenvalue weighted by molar-refractivity contribution is 5.60. The van der Waals surface area contributed by atoms with E-state index >= 15 is 0 Å². The van der Waals surface area contributed by atoms with Crippen LogP contribution in [0.5, 0.6) is 0 Å². The summed E-state index contributed by atoms with van der Waals surface area (Å²) in [6.45, 7) is 4.56. The van der Waals surface area contributed by atoms with Gasteiger partial charge in [-0.05, 0) is 6.92 Å². The normalized spacial score (nSPS) is 37.3. The molecule has 2 bridgehead atoms. The van der Waals surface area contributed by atoms with Crippen LogP contribution in [0.1, 0.15) is 19.8 Å². The molecular weight excluding hydrogens is 309 g/mol. The van der Waals surface area contributed by atoms with Gasteiger partial charge in [-0.15, -0.1) is 0 Å². The van der Waals surface area contributed by atoms with E-state index in [4.69, 9.17) is 9.90 Å². The highest BCUT2D eigenvalue weighted by Crippen LogP contribution is 2.31. The van der Waals surface area contributed by atoms with Crippen LogP contribution in [-0.2, 0) is 4.79 Å². The number of aliphatic hydroxyl groups is 1. The molecule has 5 heteroatoms. The number of hydrogen-bond acceptors (Lipinski definition) is 3. The molecule has 1 atom stereocenters. The zero-order chi connectivity index (χ0) is 10.8. The lowest BCUT2D eigenvalue weighted by atomic mass is 9.84. The number of carboxylic acids is 1. The minimum Gasteiger partial charge on any atom is -1.00 e. The van der Waals surface area contributed by atoms with E-state index < -0.39 is 5.97 Å². The van der Waals surface area contributed by atoms with Gasteiger partial charge in [-0.3, -0.25) is 0 Å². The molecule has 0 amide bonds. The number of hydrogen-bond donors (Lipinski definition) is 1. The van der Waals surface area contributed by atoms with E-state index in [0.29, 0.717) is 5.92 Å². The monoisotopic (exact) mass is 328 g/mol. The Bertz CT molecular complexity index is 211. The van der Waals surface area contributed by atoms with E-state index in [-0.39, 0.29) is 30.1 Å². The van der Waals surface area contributed by atoms with Gasteiger partial charge in [0.25, 0.3) is 0 Å². The van der Waals surface area contributed by atoms with Gasteiger partial charge in [-0.25, -0.2) is 0 Å². The summed E-state index contributed by atoms with van der Waals surface area (Å²) in [7, 11) is 2.26. The van der Waals surface area contributed by atoms with Crippen molar-refractivity contribution in [1.82, 2.24) is 0 Å². The molecule has 0 aliphatic carbocycles. The summed E-state index contributed by atoms with van der Waals surface area (Å²) in [5.74, 6) is -0.444. The average molecular weight is 328 g/mol. The van der Waals surface area contributed by atoms with Crippen LogP contribution in [0.4, 0.5) is 0 Å². The average Bonchev–Trinajstić information content (AvgIpc) is 2.02.